The molecular weight excluding hydrogens is 1180 g/mol. The molecule has 0 aliphatic heterocycles. The van der Waals surface area contributed by atoms with Gasteiger partial charge in [0.2, 0.25) is 0 Å². The third-order valence-corrected chi connectivity index (χ3v) is 23.2. The number of hydrogen-bond acceptors (Lipinski definition) is 0. The summed E-state index contributed by atoms with van der Waals surface area (Å²) in [6, 6.07) is 87.7. The molecule has 498 valence electrons. The van der Waals surface area contributed by atoms with E-state index in [1.807, 2.05) is 0 Å². The van der Waals surface area contributed by atoms with Gasteiger partial charge in [0.25, 0.3) is 0 Å². The van der Waals surface area contributed by atoms with Crippen molar-refractivity contribution in [1.29, 1.82) is 0 Å². The van der Waals surface area contributed by atoms with Gasteiger partial charge in [-0.15, -0.1) is 0 Å². The third kappa shape index (κ3) is 12.0. The maximum atomic E-state index is 2.79. The zero-order valence-electron chi connectivity index (χ0n) is 61.7. The van der Waals surface area contributed by atoms with E-state index < -0.39 is 5.41 Å². The Labute approximate surface area is 588 Å². The molecule has 0 nitrogen and oxygen atoms in total. The van der Waals surface area contributed by atoms with Crippen LogP contribution in [0.2, 0.25) is 0 Å². The fourth-order valence-electron chi connectivity index (χ4n) is 17.5. The Balaban J connectivity index is 1.04. The molecule has 0 saturated carbocycles. The van der Waals surface area contributed by atoms with Gasteiger partial charge < -0.3 is 0 Å². The smallest absolute Gasteiger partial charge is 0.0654 e. The predicted molar refractivity (Wildman–Crippen MR) is 427 cm³/mol. The molecule has 0 atom stereocenters. The van der Waals surface area contributed by atoms with Crippen LogP contribution in [0.5, 0.6) is 0 Å². The average molecular weight is 1280 g/mol. The van der Waals surface area contributed by atoms with Crippen molar-refractivity contribution in [3.05, 3.63) is 274 Å². The summed E-state index contributed by atoms with van der Waals surface area (Å²) < 4.78 is 0. The number of benzene rings is 12. The molecule has 0 amide bonds. The van der Waals surface area contributed by atoms with Gasteiger partial charge in [-0.25, -0.2) is 0 Å². The van der Waals surface area contributed by atoms with Crippen LogP contribution in [0.3, 0.4) is 0 Å². The fourth-order valence-corrected chi connectivity index (χ4v) is 17.5. The first kappa shape index (κ1) is 66.9. The van der Waals surface area contributed by atoms with Crippen LogP contribution in [0.4, 0.5) is 0 Å². The largest absolute Gasteiger partial charge is 0.0713 e. The van der Waals surface area contributed by atoms with Crippen LogP contribution in [0.15, 0.2) is 218 Å². The highest BCUT2D eigenvalue weighted by atomic mass is 14.5. The molecule has 14 rings (SSSR count). The van der Waals surface area contributed by atoms with Gasteiger partial charge in [0, 0.05) is 5.41 Å². The molecule has 0 saturated heterocycles. The minimum Gasteiger partial charge on any atom is -0.0654 e. The molecule has 12 aromatic rings. The maximum Gasteiger partial charge on any atom is 0.0713 e. The minimum absolute atomic E-state index is 0.0152. The standard InChI is InChI=1S/C98H106/c1-15-17-19-21-23-29-56-97(57-30-24-22-20-18-16-2)87-60-69(68-41-53-82-85(59-68)91(70-39-38-65-32-25-26-34-67(65)58-70)81-55-51-75(95(9,10)11)61-86(81)92(82)80-37-31-35-66-33-27-28-36-77(66)80)40-52-78(87)83-64-90-84(63-88(83)97)79-54-50-76(96(12,13)14)62-89(79)98(90,73-46-42-71(43-47-73)93(3,4)5)74-48-44-72(45-49-74)94(6,7)8/h25-28,31-55,58-64H,15-24,29-30,56-57H2,1-14H3. The quantitative estimate of drug-likeness (QED) is 0.0559. The summed E-state index contributed by atoms with van der Waals surface area (Å²) in [7, 11) is 0. The highest BCUT2D eigenvalue weighted by Crippen LogP contribution is 2.63. The van der Waals surface area contributed by atoms with E-state index in [1.54, 1.807) is 5.56 Å². The van der Waals surface area contributed by atoms with Crippen LogP contribution in [0.1, 0.15) is 242 Å². The molecule has 0 radical (unpaired) electrons. The Kier molecular flexibility index (Phi) is 17.8. The summed E-state index contributed by atoms with van der Waals surface area (Å²) in [4.78, 5) is 0. The Morgan fingerprint density at radius 1 is 0.255 bits per heavy atom. The SMILES string of the molecule is CCCCCCCCC1(CCCCCCCC)c2cc(-c3ccc4c(-c5cccc6ccccc56)c5cc(C(C)(C)C)ccc5c(-c5ccc6ccccc6c5)c4c3)ccc2-c2cc3c(cc21)-c1ccc(C(C)(C)C)cc1C3(c1ccc(C(C)(C)C)cc1)c1ccc(C(C)(C)C)cc1. The molecule has 2 aliphatic rings. The molecule has 12 aromatic carbocycles. The number of rotatable bonds is 19. The van der Waals surface area contributed by atoms with Crippen LogP contribution >= 0.6 is 0 Å². The van der Waals surface area contributed by atoms with E-state index in [1.165, 1.54) is 226 Å². The van der Waals surface area contributed by atoms with Crippen molar-refractivity contribution in [2.75, 3.05) is 0 Å². The number of unbranched alkanes of at least 4 members (excludes halogenated alkanes) is 10. The van der Waals surface area contributed by atoms with E-state index in [-0.39, 0.29) is 27.1 Å². The van der Waals surface area contributed by atoms with Gasteiger partial charge in [-0.2, -0.15) is 0 Å². The summed E-state index contributed by atoms with van der Waals surface area (Å²) in [6.45, 7) is 33.1. The predicted octanol–water partition coefficient (Wildman–Crippen LogP) is 28.6. The lowest BCUT2D eigenvalue weighted by Gasteiger charge is -2.36. The first-order valence-electron chi connectivity index (χ1n) is 37.8. The van der Waals surface area contributed by atoms with Gasteiger partial charge in [0.15, 0.2) is 0 Å². The Bertz CT molecular complexity index is 4870. The molecule has 0 heterocycles. The van der Waals surface area contributed by atoms with Crippen molar-refractivity contribution in [3.63, 3.8) is 0 Å². The van der Waals surface area contributed by atoms with Crippen molar-refractivity contribution < 1.29 is 0 Å². The molecule has 0 unspecified atom stereocenters. The average Bonchev–Trinajstić information content (AvgIpc) is 1.49. The lowest BCUT2D eigenvalue weighted by molar-refractivity contribution is 0.398. The Morgan fingerprint density at radius 3 is 1.33 bits per heavy atom. The summed E-state index contributed by atoms with van der Waals surface area (Å²) in [5.74, 6) is 0. The lowest BCUT2D eigenvalue weighted by atomic mass is 9.65. The molecular formula is C98H106. The van der Waals surface area contributed by atoms with Crippen molar-refractivity contribution >= 4 is 43.1 Å². The summed E-state index contributed by atoms with van der Waals surface area (Å²) >= 11 is 0. The monoisotopic (exact) mass is 1280 g/mol. The van der Waals surface area contributed by atoms with Crippen molar-refractivity contribution in [3.8, 4) is 55.6 Å². The Morgan fingerprint density at radius 2 is 0.694 bits per heavy atom. The topological polar surface area (TPSA) is 0 Å². The first-order chi connectivity index (χ1) is 47.0. The van der Waals surface area contributed by atoms with Crippen molar-refractivity contribution in [1.82, 2.24) is 0 Å². The second kappa shape index (κ2) is 26.1. The molecule has 2 aliphatic carbocycles. The van der Waals surface area contributed by atoms with Crippen LogP contribution in [-0.4, -0.2) is 0 Å². The molecule has 0 heteroatoms. The van der Waals surface area contributed by atoms with Gasteiger partial charge in [-0.1, -0.05) is 356 Å². The summed E-state index contributed by atoms with van der Waals surface area (Å²) in [6.07, 6.45) is 17.6. The van der Waals surface area contributed by atoms with Crippen LogP contribution in [-0.2, 0) is 32.5 Å². The van der Waals surface area contributed by atoms with E-state index >= 15 is 0 Å². The summed E-state index contributed by atoms with van der Waals surface area (Å²) in [5, 5.41) is 10.2. The van der Waals surface area contributed by atoms with E-state index in [0.29, 0.717) is 0 Å². The minimum atomic E-state index is -0.574. The van der Waals surface area contributed by atoms with E-state index in [2.05, 4.69) is 315 Å². The first-order valence-corrected chi connectivity index (χ1v) is 37.8. The third-order valence-electron chi connectivity index (χ3n) is 23.2. The molecule has 0 bridgehead atoms. The maximum absolute atomic E-state index is 2.79. The molecule has 98 heavy (non-hydrogen) atoms. The van der Waals surface area contributed by atoms with Gasteiger partial charge in [0.1, 0.15) is 0 Å². The highest BCUT2D eigenvalue weighted by molar-refractivity contribution is 6.24. The van der Waals surface area contributed by atoms with Crippen LogP contribution in [0.25, 0.3) is 98.7 Å². The number of fused-ring (bicyclic) bond motifs is 10. The second-order valence-electron chi connectivity index (χ2n) is 33.8. The van der Waals surface area contributed by atoms with E-state index in [0.717, 1.165) is 12.8 Å². The van der Waals surface area contributed by atoms with Gasteiger partial charge >= 0.3 is 0 Å². The number of hydrogen-bond donors (Lipinski definition) is 0. The molecule has 0 N–H and O–H groups in total. The molecule has 0 aromatic heterocycles. The van der Waals surface area contributed by atoms with Gasteiger partial charge in [-0.05, 0) is 225 Å². The van der Waals surface area contributed by atoms with E-state index in [9.17, 15) is 0 Å². The normalized spacial score (nSPS) is 14.1. The highest BCUT2D eigenvalue weighted by Gasteiger charge is 2.51. The van der Waals surface area contributed by atoms with Crippen LogP contribution in [0, 0.1) is 0 Å². The lowest BCUT2D eigenvalue weighted by Crippen LogP contribution is -2.30. The fraction of sp³-hybridized carbons (Fsp3) is 0.347. The van der Waals surface area contributed by atoms with Crippen molar-refractivity contribution in [2.24, 2.45) is 0 Å². The Hall–Kier alpha value is -8.32. The molecule has 0 spiro atoms. The van der Waals surface area contributed by atoms with Crippen molar-refractivity contribution in [2.45, 2.75) is 219 Å². The van der Waals surface area contributed by atoms with E-state index in [4.69, 9.17) is 0 Å². The summed E-state index contributed by atoms with van der Waals surface area (Å²) in [5.41, 5.74) is 26.6. The zero-order chi connectivity index (χ0) is 68.5. The van der Waals surface area contributed by atoms with Gasteiger partial charge in [0.05, 0.1) is 5.41 Å². The molecule has 0 fully saturated rings. The second-order valence-corrected chi connectivity index (χ2v) is 33.8. The van der Waals surface area contributed by atoms with Gasteiger partial charge in [-0.3, -0.25) is 0 Å². The van der Waals surface area contributed by atoms with Crippen LogP contribution < -0.4 is 0 Å². The zero-order valence-corrected chi connectivity index (χ0v) is 61.7.